The number of para-hydroxylation sites is 1. The molecule has 0 bridgehead atoms. The molecular weight excluding hydrogens is 382 g/mol. The van der Waals surface area contributed by atoms with Crippen LogP contribution < -0.4 is 10.6 Å². The van der Waals surface area contributed by atoms with Crippen LogP contribution >= 0.6 is 11.3 Å². The number of carbonyl (C=O) groups excluding carboxylic acids is 2. The third kappa shape index (κ3) is 6.01. The highest BCUT2D eigenvalue weighted by molar-refractivity contribution is 7.18. The molecule has 158 valence electrons. The van der Waals surface area contributed by atoms with Crippen LogP contribution in [0, 0.1) is 0 Å². The first-order valence-corrected chi connectivity index (χ1v) is 11.9. The molecule has 0 unspecified atom stereocenters. The minimum Gasteiger partial charge on any atom is -0.354 e. The van der Waals surface area contributed by atoms with Crippen molar-refractivity contribution in [2.45, 2.75) is 83.1 Å². The second kappa shape index (κ2) is 10.7. The Kier molecular flexibility index (Phi) is 8.04. The fourth-order valence-corrected chi connectivity index (χ4v) is 5.04. The second-order valence-corrected chi connectivity index (χ2v) is 9.20. The lowest BCUT2D eigenvalue weighted by atomic mass is 9.80. The number of thiazole rings is 1. The molecular formula is C23H33N3O2S. The van der Waals surface area contributed by atoms with Crippen LogP contribution in [0.5, 0.6) is 0 Å². The molecule has 2 N–H and O–H groups in total. The summed E-state index contributed by atoms with van der Waals surface area (Å²) in [6, 6.07) is 8.18. The van der Waals surface area contributed by atoms with Gasteiger partial charge in [0.25, 0.3) is 0 Å². The van der Waals surface area contributed by atoms with E-state index in [1.54, 1.807) is 11.3 Å². The fourth-order valence-electron chi connectivity index (χ4n) is 4.03. The van der Waals surface area contributed by atoms with E-state index in [0.717, 1.165) is 74.7 Å². The topological polar surface area (TPSA) is 71.1 Å². The van der Waals surface area contributed by atoms with Gasteiger partial charge in [0.05, 0.1) is 15.2 Å². The van der Waals surface area contributed by atoms with Crippen molar-refractivity contribution < 1.29 is 9.59 Å². The van der Waals surface area contributed by atoms with Crippen LogP contribution in [0.25, 0.3) is 10.2 Å². The number of aromatic nitrogens is 1. The number of amides is 2. The van der Waals surface area contributed by atoms with E-state index in [-0.39, 0.29) is 11.8 Å². The van der Waals surface area contributed by atoms with E-state index in [1.807, 2.05) is 18.2 Å². The van der Waals surface area contributed by atoms with E-state index in [1.165, 1.54) is 4.70 Å². The molecule has 6 heteroatoms. The Hall–Kier alpha value is -1.95. The van der Waals surface area contributed by atoms with Gasteiger partial charge < -0.3 is 10.6 Å². The molecule has 1 aromatic carbocycles. The molecule has 0 saturated heterocycles. The van der Waals surface area contributed by atoms with Crippen LogP contribution in [-0.4, -0.2) is 28.9 Å². The number of fused-ring (bicyclic) bond motifs is 1. The molecule has 5 nitrogen and oxygen atoms in total. The Morgan fingerprint density at radius 1 is 1.10 bits per heavy atom. The molecule has 2 aromatic rings. The summed E-state index contributed by atoms with van der Waals surface area (Å²) < 4.78 is 1.22. The molecule has 29 heavy (non-hydrogen) atoms. The minimum atomic E-state index is -0.698. The van der Waals surface area contributed by atoms with Gasteiger partial charge in [-0.3, -0.25) is 9.59 Å². The Morgan fingerprint density at radius 3 is 2.66 bits per heavy atom. The Morgan fingerprint density at radius 2 is 1.90 bits per heavy atom. The summed E-state index contributed by atoms with van der Waals surface area (Å²) in [4.78, 5) is 30.1. The maximum atomic E-state index is 12.8. The molecule has 1 saturated carbocycles. The average molecular weight is 416 g/mol. The monoisotopic (exact) mass is 415 g/mol. The lowest BCUT2D eigenvalue weighted by Crippen LogP contribution is -2.59. The normalized spacial score (nSPS) is 15.9. The number of nitrogens with one attached hydrogen (secondary N) is 2. The van der Waals surface area contributed by atoms with Gasteiger partial charge in [0.15, 0.2) is 0 Å². The highest BCUT2D eigenvalue weighted by atomic mass is 32.1. The van der Waals surface area contributed by atoms with E-state index in [2.05, 4.69) is 28.6 Å². The van der Waals surface area contributed by atoms with E-state index in [4.69, 9.17) is 0 Å². The summed E-state index contributed by atoms with van der Waals surface area (Å²) in [5, 5.41) is 7.29. The summed E-state index contributed by atoms with van der Waals surface area (Å²) >= 11 is 1.73. The predicted octanol–water partition coefficient (Wildman–Crippen LogP) is 4.74. The van der Waals surface area contributed by atoms with Gasteiger partial charge in [-0.05, 0) is 50.7 Å². The second-order valence-electron chi connectivity index (χ2n) is 8.08. The number of benzene rings is 1. The fraction of sp³-hybridized carbons (Fsp3) is 0.609. The molecule has 1 aromatic heterocycles. The largest absolute Gasteiger partial charge is 0.354 e. The van der Waals surface area contributed by atoms with Gasteiger partial charge in [-0.2, -0.15) is 0 Å². The van der Waals surface area contributed by atoms with Gasteiger partial charge in [0.2, 0.25) is 11.8 Å². The third-order valence-electron chi connectivity index (χ3n) is 5.72. The maximum absolute atomic E-state index is 12.8. The Balaban J connectivity index is 1.46. The molecule has 0 spiro atoms. The SMILES string of the molecule is CCCCNC(=O)C1(NC(=O)CCCCc2nc3ccccc3s2)CCCCC1. The predicted molar refractivity (Wildman–Crippen MR) is 119 cm³/mol. The zero-order valence-corrected chi connectivity index (χ0v) is 18.3. The van der Waals surface area contributed by atoms with Crippen molar-refractivity contribution in [2.75, 3.05) is 6.54 Å². The van der Waals surface area contributed by atoms with Crippen molar-refractivity contribution >= 4 is 33.4 Å². The average Bonchev–Trinajstić information content (AvgIpc) is 3.15. The lowest BCUT2D eigenvalue weighted by Gasteiger charge is -2.36. The number of unbranched alkanes of at least 4 members (excludes halogenated alkanes) is 2. The molecule has 1 fully saturated rings. The Bertz CT molecular complexity index is 778. The first-order chi connectivity index (χ1) is 14.1. The van der Waals surface area contributed by atoms with Gasteiger partial charge in [-0.1, -0.05) is 44.7 Å². The van der Waals surface area contributed by atoms with Crippen LogP contribution in [0.1, 0.15) is 76.1 Å². The first kappa shape index (κ1) is 21.8. The van der Waals surface area contributed by atoms with Crippen molar-refractivity contribution in [1.29, 1.82) is 0 Å². The number of hydrogen-bond donors (Lipinski definition) is 2. The number of aryl methyl sites for hydroxylation is 1. The van der Waals surface area contributed by atoms with E-state index in [0.29, 0.717) is 13.0 Å². The Labute approximate surface area is 177 Å². The smallest absolute Gasteiger partial charge is 0.245 e. The van der Waals surface area contributed by atoms with Crippen molar-refractivity contribution in [3.8, 4) is 0 Å². The van der Waals surface area contributed by atoms with Crippen LogP contribution in [0.2, 0.25) is 0 Å². The quantitative estimate of drug-likeness (QED) is 0.550. The van der Waals surface area contributed by atoms with Crippen LogP contribution in [0.3, 0.4) is 0 Å². The summed E-state index contributed by atoms with van der Waals surface area (Å²) in [7, 11) is 0. The molecule has 1 aliphatic rings. The summed E-state index contributed by atoms with van der Waals surface area (Å²) in [6.45, 7) is 2.80. The molecule has 2 amide bonds. The van der Waals surface area contributed by atoms with Crippen molar-refractivity contribution in [3.05, 3.63) is 29.3 Å². The number of nitrogens with zero attached hydrogens (tertiary/aromatic N) is 1. The number of hydrogen-bond acceptors (Lipinski definition) is 4. The minimum absolute atomic E-state index is 0.00171. The molecule has 3 rings (SSSR count). The van der Waals surface area contributed by atoms with Crippen molar-refractivity contribution in [2.24, 2.45) is 0 Å². The lowest BCUT2D eigenvalue weighted by molar-refractivity contribution is -0.135. The van der Waals surface area contributed by atoms with Gasteiger partial charge in [-0.15, -0.1) is 11.3 Å². The molecule has 0 atom stereocenters. The highest BCUT2D eigenvalue weighted by Gasteiger charge is 2.40. The zero-order chi connectivity index (χ0) is 20.5. The number of carbonyl (C=O) groups is 2. The van der Waals surface area contributed by atoms with Gasteiger partial charge >= 0.3 is 0 Å². The number of rotatable bonds is 10. The third-order valence-corrected chi connectivity index (χ3v) is 6.82. The van der Waals surface area contributed by atoms with E-state index in [9.17, 15) is 9.59 Å². The first-order valence-electron chi connectivity index (χ1n) is 11.1. The summed E-state index contributed by atoms with van der Waals surface area (Å²) in [5.74, 6) is 0.00955. The highest BCUT2D eigenvalue weighted by Crippen LogP contribution is 2.29. The van der Waals surface area contributed by atoms with Crippen molar-refractivity contribution in [3.63, 3.8) is 0 Å². The molecule has 1 heterocycles. The summed E-state index contributed by atoms with van der Waals surface area (Å²) in [6.07, 6.45) is 9.78. The van der Waals surface area contributed by atoms with Crippen LogP contribution in [-0.2, 0) is 16.0 Å². The molecule has 0 radical (unpaired) electrons. The van der Waals surface area contributed by atoms with Gasteiger partial charge in [0, 0.05) is 13.0 Å². The van der Waals surface area contributed by atoms with Crippen LogP contribution in [0.15, 0.2) is 24.3 Å². The van der Waals surface area contributed by atoms with Crippen LogP contribution in [0.4, 0.5) is 0 Å². The van der Waals surface area contributed by atoms with Gasteiger partial charge in [-0.25, -0.2) is 4.98 Å². The molecule has 0 aliphatic heterocycles. The summed E-state index contributed by atoms with van der Waals surface area (Å²) in [5.41, 5.74) is 0.356. The zero-order valence-electron chi connectivity index (χ0n) is 17.5. The van der Waals surface area contributed by atoms with Crippen molar-refractivity contribution in [1.82, 2.24) is 15.6 Å². The van der Waals surface area contributed by atoms with E-state index < -0.39 is 5.54 Å². The van der Waals surface area contributed by atoms with Gasteiger partial charge in [0.1, 0.15) is 5.54 Å². The van der Waals surface area contributed by atoms with E-state index >= 15 is 0 Å². The molecule has 1 aliphatic carbocycles. The maximum Gasteiger partial charge on any atom is 0.245 e. The standard InChI is InChI=1S/C23H33N3O2S/c1-2-3-17-24-22(28)23(15-9-4-10-16-23)26-20(27)13-7-8-14-21-25-18-11-5-6-12-19(18)29-21/h5-6,11-12H,2-4,7-10,13-17H2,1H3,(H,24,28)(H,26,27).